The highest BCUT2D eigenvalue weighted by Crippen LogP contribution is 2.26. The topological polar surface area (TPSA) is 32.3 Å². The molecule has 0 aromatic heterocycles. The number of nitrogens with zero attached hydrogens (tertiary/aromatic N) is 1. The number of halogens is 1. The molecule has 0 aliphatic heterocycles. The molecule has 1 amide bonds. The molecule has 88 valence electrons. The van der Waals surface area contributed by atoms with Gasteiger partial charge in [0.25, 0.3) is 0 Å². The average molecular weight is 285 g/mol. The van der Waals surface area contributed by atoms with E-state index in [1.54, 1.807) is 19.0 Å². The number of likely N-dealkylation sites (N-methyl/N-ethyl adjacent to an activating group) is 2. The summed E-state index contributed by atoms with van der Waals surface area (Å²) in [6.07, 6.45) is 0. The SMILES string of the molecule is CNC(C)(C)C(=O)N(C)c1ccccc1Br. The molecule has 0 aliphatic rings. The number of rotatable bonds is 3. The largest absolute Gasteiger partial charge is 0.313 e. The van der Waals surface area contributed by atoms with Crippen molar-refractivity contribution in [3.63, 3.8) is 0 Å². The van der Waals surface area contributed by atoms with E-state index in [1.165, 1.54) is 0 Å². The Balaban J connectivity index is 3.00. The smallest absolute Gasteiger partial charge is 0.246 e. The molecule has 1 aromatic rings. The minimum Gasteiger partial charge on any atom is -0.313 e. The standard InChI is InChI=1S/C12H17BrN2O/c1-12(2,14-3)11(16)15(4)10-8-6-5-7-9(10)13/h5-8,14H,1-4H3. The van der Waals surface area contributed by atoms with E-state index in [4.69, 9.17) is 0 Å². The van der Waals surface area contributed by atoms with Crippen molar-refractivity contribution in [3.8, 4) is 0 Å². The van der Waals surface area contributed by atoms with Crippen molar-refractivity contribution in [1.82, 2.24) is 5.32 Å². The first-order chi connectivity index (χ1) is 7.40. The summed E-state index contributed by atoms with van der Waals surface area (Å²) in [6, 6.07) is 7.67. The summed E-state index contributed by atoms with van der Waals surface area (Å²) in [6.45, 7) is 3.73. The van der Waals surface area contributed by atoms with E-state index in [0.29, 0.717) is 0 Å². The van der Waals surface area contributed by atoms with Crippen LogP contribution in [0, 0.1) is 0 Å². The minimum atomic E-state index is -0.565. The van der Waals surface area contributed by atoms with E-state index in [9.17, 15) is 4.79 Å². The zero-order chi connectivity index (χ0) is 12.3. The van der Waals surface area contributed by atoms with E-state index in [2.05, 4.69) is 21.2 Å². The van der Waals surface area contributed by atoms with Gasteiger partial charge in [-0.3, -0.25) is 4.79 Å². The Morgan fingerprint density at radius 1 is 1.38 bits per heavy atom. The molecule has 0 saturated heterocycles. The summed E-state index contributed by atoms with van der Waals surface area (Å²) in [7, 11) is 3.56. The van der Waals surface area contributed by atoms with Crippen molar-refractivity contribution in [2.45, 2.75) is 19.4 Å². The highest BCUT2D eigenvalue weighted by atomic mass is 79.9. The van der Waals surface area contributed by atoms with Crippen molar-refractivity contribution < 1.29 is 4.79 Å². The number of carbonyl (C=O) groups is 1. The van der Waals surface area contributed by atoms with Gasteiger partial charge in [0.2, 0.25) is 5.91 Å². The second-order valence-corrected chi connectivity index (χ2v) is 5.04. The number of carbonyl (C=O) groups excluding carboxylic acids is 1. The van der Waals surface area contributed by atoms with Crippen LogP contribution in [0.3, 0.4) is 0 Å². The number of para-hydroxylation sites is 1. The summed E-state index contributed by atoms with van der Waals surface area (Å²) < 4.78 is 0.915. The van der Waals surface area contributed by atoms with E-state index < -0.39 is 5.54 Å². The predicted octanol–water partition coefficient (Wildman–Crippen LogP) is 2.41. The van der Waals surface area contributed by atoms with Crippen LogP contribution in [0.4, 0.5) is 5.69 Å². The predicted molar refractivity (Wildman–Crippen MR) is 70.7 cm³/mol. The van der Waals surface area contributed by atoms with Crippen LogP contribution in [0.5, 0.6) is 0 Å². The fourth-order valence-electron chi connectivity index (χ4n) is 1.36. The van der Waals surface area contributed by atoms with Gasteiger partial charge in [0, 0.05) is 11.5 Å². The molecule has 0 unspecified atom stereocenters. The van der Waals surface area contributed by atoms with Gasteiger partial charge in [-0.15, -0.1) is 0 Å². The Hall–Kier alpha value is -0.870. The van der Waals surface area contributed by atoms with Crippen LogP contribution in [0.1, 0.15) is 13.8 Å². The van der Waals surface area contributed by atoms with Gasteiger partial charge in [0.1, 0.15) is 0 Å². The molecule has 0 saturated carbocycles. The fourth-order valence-corrected chi connectivity index (χ4v) is 1.91. The maximum absolute atomic E-state index is 12.2. The highest BCUT2D eigenvalue weighted by molar-refractivity contribution is 9.10. The second kappa shape index (κ2) is 4.97. The molecule has 0 atom stereocenters. The van der Waals surface area contributed by atoms with Gasteiger partial charge in [-0.05, 0) is 49.0 Å². The lowest BCUT2D eigenvalue weighted by molar-refractivity contribution is -0.123. The summed E-state index contributed by atoms with van der Waals surface area (Å²) in [4.78, 5) is 13.8. The van der Waals surface area contributed by atoms with E-state index >= 15 is 0 Å². The first-order valence-corrected chi connectivity index (χ1v) is 5.91. The summed E-state index contributed by atoms with van der Waals surface area (Å²) in [5.41, 5.74) is 0.306. The van der Waals surface area contributed by atoms with Gasteiger partial charge in [-0.1, -0.05) is 12.1 Å². The number of benzene rings is 1. The van der Waals surface area contributed by atoms with Crippen LogP contribution in [-0.4, -0.2) is 25.5 Å². The molecule has 0 radical (unpaired) electrons. The van der Waals surface area contributed by atoms with E-state index in [1.807, 2.05) is 38.1 Å². The van der Waals surface area contributed by atoms with Crippen LogP contribution in [0.2, 0.25) is 0 Å². The molecular formula is C12H17BrN2O. The number of nitrogens with one attached hydrogen (secondary N) is 1. The zero-order valence-electron chi connectivity index (χ0n) is 10.0. The summed E-state index contributed by atoms with van der Waals surface area (Å²) >= 11 is 3.44. The Morgan fingerprint density at radius 3 is 2.44 bits per heavy atom. The third-order valence-electron chi connectivity index (χ3n) is 2.68. The molecular weight excluding hydrogens is 268 g/mol. The fraction of sp³-hybridized carbons (Fsp3) is 0.417. The minimum absolute atomic E-state index is 0.0295. The maximum Gasteiger partial charge on any atom is 0.246 e. The number of anilines is 1. The van der Waals surface area contributed by atoms with Gasteiger partial charge >= 0.3 is 0 Å². The molecule has 0 aliphatic carbocycles. The Kier molecular flexibility index (Phi) is 4.10. The van der Waals surface area contributed by atoms with Crippen molar-refractivity contribution >= 4 is 27.5 Å². The van der Waals surface area contributed by atoms with Crippen LogP contribution in [-0.2, 0) is 4.79 Å². The van der Waals surface area contributed by atoms with Crippen LogP contribution >= 0.6 is 15.9 Å². The van der Waals surface area contributed by atoms with E-state index in [-0.39, 0.29) is 5.91 Å². The second-order valence-electron chi connectivity index (χ2n) is 4.19. The molecule has 4 heteroatoms. The monoisotopic (exact) mass is 284 g/mol. The highest BCUT2D eigenvalue weighted by Gasteiger charge is 2.29. The first kappa shape index (κ1) is 13.2. The molecule has 0 spiro atoms. The lowest BCUT2D eigenvalue weighted by Gasteiger charge is -2.29. The maximum atomic E-state index is 12.2. The number of amides is 1. The first-order valence-electron chi connectivity index (χ1n) is 5.11. The molecule has 1 aromatic carbocycles. The lowest BCUT2D eigenvalue weighted by atomic mass is 10.0. The lowest BCUT2D eigenvalue weighted by Crippen LogP contribution is -2.51. The van der Waals surface area contributed by atoms with Gasteiger partial charge in [0.15, 0.2) is 0 Å². The quantitative estimate of drug-likeness (QED) is 0.925. The molecule has 16 heavy (non-hydrogen) atoms. The normalized spacial score (nSPS) is 11.3. The van der Waals surface area contributed by atoms with Crippen LogP contribution in [0.25, 0.3) is 0 Å². The van der Waals surface area contributed by atoms with Crippen molar-refractivity contribution in [3.05, 3.63) is 28.7 Å². The molecule has 0 heterocycles. The van der Waals surface area contributed by atoms with Crippen LogP contribution in [0.15, 0.2) is 28.7 Å². The number of hydrogen-bond acceptors (Lipinski definition) is 2. The van der Waals surface area contributed by atoms with Crippen molar-refractivity contribution in [2.24, 2.45) is 0 Å². The third kappa shape index (κ3) is 2.62. The average Bonchev–Trinajstić information content (AvgIpc) is 2.27. The Labute approximate surface area is 105 Å². The zero-order valence-corrected chi connectivity index (χ0v) is 11.6. The molecule has 0 fully saturated rings. The van der Waals surface area contributed by atoms with E-state index in [0.717, 1.165) is 10.2 Å². The number of hydrogen-bond donors (Lipinski definition) is 1. The van der Waals surface area contributed by atoms with Gasteiger partial charge in [0.05, 0.1) is 11.2 Å². The van der Waals surface area contributed by atoms with Gasteiger partial charge in [-0.2, -0.15) is 0 Å². The Bertz CT molecular complexity index is 390. The summed E-state index contributed by atoms with van der Waals surface area (Å²) in [5.74, 6) is 0.0295. The van der Waals surface area contributed by atoms with Crippen LogP contribution < -0.4 is 10.2 Å². The van der Waals surface area contributed by atoms with Crippen molar-refractivity contribution in [1.29, 1.82) is 0 Å². The molecule has 3 nitrogen and oxygen atoms in total. The van der Waals surface area contributed by atoms with Gasteiger partial charge < -0.3 is 10.2 Å². The molecule has 0 bridgehead atoms. The third-order valence-corrected chi connectivity index (χ3v) is 3.35. The molecule has 1 rings (SSSR count). The van der Waals surface area contributed by atoms with Gasteiger partial charge in [-0.25, -0.2) is 0 Å². The Morgan fingerprint density at radius 2 is 1.94 bits per heavy atom. The summed E-state index contributed by atoms with van der Waals surface area (Å²) in [5, 5.41) is 3.00. The van der Waals surface area contributed by atoms with Crippen molar-refractivity contribution in [2.75, 3.05) is 19.0 Å². The molecule has 1 N–H and O–H groups in total.